The van der Waals surface area contributed by atoms with Crippen LogP contribution in [0.25, 0.3) is 22.2 Å². The van der Waals surface area contributed by atoms with Gasteiger partial charge in [-0.15, -0.1) is 0 Å². The first kappa shape index (κ1) is 29.4. The zero-order valence-electron chi connectivity index (χ0n) is 22.8. The van der Waals surface area contributed by atoms with Gasteiger partial charge in [-0.2, -0.15) is 31.9 Å². The van der Waals surface area contributed by atoms with E-state index in [0.717, 1.165) is 50.9 Å². The number of nitrogen functional groups attached to an aromatic ring is 1. The summed E-state index contributed by atoms with van der Waals surface area (Å²) in [6, 6.07) is 1.79. The van der Waals surface area contributed by atoms with Gasteiger partial charge in [-0.1, -0.05) is 0 Å². The summed E-state index contributed by atoms with van der Waals surface area (Å²) in [5.74, 6) is -3.31. The molecule has 1 atom stereocenters. The molecule has 3 aromatic rings. The highest BCUT2D eigenvalue weighted by Gasteiger charge is 2.45. The molecule has 3 aliphatic rings. The molecule has 15 heteroatoms. The molecular formula is C28H28F7N7O. The molecule has 3 saturated heterocycles. The Hall–Kier alpha value is -3.72. The second kappa shape index (κ2) is 11.1. The highest BCUT2D eigenvalue weighted by molar-refractivity contribution is 5.93. The minimum absolute atomic E-state index is 0.0458. The zero-order valence-corrected chi connectivity index (χ0v) is 22.8. The number of nitrogens with one attached hydrogen (secondary N) is 1. The number of fused-ring (bicyclic) bond motifs is 2. The fraction of sp³-hybridized carbons (Fsp3) is 0.464. The number of benzene rings is 1. The van der Waals surface area contributed by atoms with E-state index in [2.05, 4.69) is 25.2 Å². The number of nitrogens with two attached hydrogens (primary N) is 1. The van der Waals surface area contributed by atoms with Crippen LogP contribution in [0, 0.1) is 11.6 Å². The highest BCUT2D eigenvalue weighted by atomic mass is 19.4. The Kier molecular flexibility index (Phi) is 7.57. The zero-order chi connectivity index (χ0) is 30.5. The van der Waals surface area contributed by atoms with Gasteiger partial charge in [0, 0.05) is 42.7 Å². The van der Waals surface area contributed by atoms with Crippen LogP contribution in [0.4, 0.5) is 42.4 Å². The fourth-order valence-electron chi connectivity index (χ4n) is 6.51. The van der Waals surface area contributed by atoms with E-state index in [4.69, 9.17) is 10.5 Å². The second-order valence-electron chi connectivity index (χ2n) is 11.1. The van der Waals surface area contributed by atoms with Crippen molar-refractivity contribution in [2.24, 2.45) is 0 Å². The minimum atomic E-state index is -5.20. The van der Waals surface area contributed by atoms with Gasteiger partial charge < -0.3 is 20.7 Å². The third kappa shape index (κ3) is 5.55. The molecule has 0 bridgehead atoms. The maximum Gasteiger partial charge on any atom is 0.421 e. The van der Waals surface area contributed by atoms with E-state index in [1.165, 1.54) is 6.07 Å². The van der Waals surface area contributed by atoms with Gasteiger partial charge in [0.1, 0.15) is 35.1 Å². The molecule has 5 heterocycles. The quantitative estimate of drug-likeness (QED) is 0.371. The average molecular weight is 612 g/mol. The third-order valence-electron chi connectivity index (χ3n) is 8.41. The first-order valence-electron chi connectivity index (χ1n) is 13.9. The summed E-state index contributed by atoms with van der Waals surface area (Å²) < 4.78 is 104. The van der Waals surface area contributed by atoms with Gasteiger partial charge in [0.05, 0.1) is 11.2 Å². The third-order valence-corrected chi connectivity index (χ3v) is 8.41. The molecular weight excluding hydrogens is 583 g/mol. The maximum absolute atomic E-state index is 16.3. The van der Waals surface area contributed by atoms with Crippen LogP contribution < -0.4 is 20.7 Å². The van der Waals surface area contributed by atoms with Crippen LogP contribution in [0.3, 0.4) is 0 Å². The number of anilines is 2. The topological polar surface area (TPSA) is 92.4 Å². The standard InChI is InChI=1S/C28H28F7N7O/c29-18-12-20(36)38-23(21(18)28(33,34)35)16-3-4-17-24(22(16)32)39-26(43-14-27-5-1-8-42(27)9-2-6-27)40-25(17)41-10-7-37-15(13-41)11-19(30)31/h3-4,11-12,15,37H,1-2,5-10,13-14H2,(H2,36,38). The molecule has 6 rings (SSSR count). The number of hydrogen-bond acceptors (Lipinski definition) is 8. The van der Waals surface area contributed by atoms with Crippen LogP contribution in [0.15, 0.2) is 30.4 Å². The normalized spacial score (nSPS) is 20.4. The van der Waals surface area contributed by atoms with Crippen molar-refractivity contribution in [1.29, 1.82) is 0 Å². The van der Waals surface area contributed by atoms with E-state index < -0.39 is 52.6 Å². The van der Waals surface area contributed by atoms with Crippen LogP contribution in [-0.2, 0) is 6.18 Å². The summed E-state index contributed by atoms with van der Waals surface area (Å²) in [6.07, 6.45) is -2.51. The van der Waals surface area contributed by atoms with Crippen LogP contribution in [0.5, 0.6) is 6.01 Å². The molecule has 3 fully saturated rings. The lowest BCUT2D eigenvalue weighted by molar-refractivity contribution is -0.139. The second-order valence-corrected chi connectivity index (χ2v) is 11.1. The number of halogens is 7. The Morgan fingerprint density at radius 1 is 1.09 bits per heavy atom. The molecule has 3 N–H and O–H groups in total. The molecule has 230 valence electrons. The Morgan fingerprint density at radius 2 is 1.84 bits per heavy atom. The number of aromatic nitrogens is 3. The first-order chi connectivity index (χ1) is 20.4. The van der Waals surface area contributed by atoms with Crippen molar-refractivity contribution in [2.75, 3.05) is 50.0 Å². The molecule has 0 spiro atoms. The summed E-state index contributed by atoms with van der Waals surface area (Å²) in [4.78, 5) is 16.4. The summed E-state index contributed by atoms with van der Waals surface area (Å²) in [5.41, 5.74) is 1.49. The minimum Gasteiger partial charge on any atom is -0.461 e. The largest absolute Gasteiger partial charge is 0.461 e. The molecule has 0 saturated carbocycles. The maximum atomic E-state index is 16.3. The Morgan fingerprint density at radius 3 is 2.53 bits per heavy atom. The fourth-order valence-corrected chi connectivity index (χ4v) is 6.51. The average Bonchev–Trinajstić information content (AvgIpc) is 3.51. The van der Waals surface area contributed by atoms with E-state index in [9.17, 15) is 26.3 Å². The lowest BCUT2D eigenvalue weighted by Gasteiger charge is -2.34. The van der Waals surface area contributed by atoms with Crippen LogP contribution >= 0.6 is 0 Å². The molecule has 3 aliphatic heterocycles. The van der Waals surface area contributed by atoms with E-state index in [1.54, 1.807) is 4.90 Å². The lowest BCUT2D eigenvalue weighted by atomic mass is 9.95. The first-order valence-corrected chi connectivity index (χ1v) is 13.9. The molecule has 1 aromatic carbocycles. The predicted octanol–water partition coefficient (Wildman–Crippen LogP) is 5.14. The van der Waals surface area contributed by atoms with Crippen molar-refractivity contribution in [3.05, 3.63) is 47.6 Å². The summed E-state index contributed by atoms with van der Waals surface area (Å²) in [6.45, 7) is 2.74. The predicted molar refractivity (Wildman–Crippen MR) is 145 cm³/mol. The molecule has 0 radical (unpaired) electrons. The van der Waals surface area contributed by atoms with Gasteiger partial charge in [0.15, 0.2) is 5.82 Å². The van der Waals surface area contributed by atoms with Crippen molar-refractivity contribution >= 4 is 22.5 Å². The number of rotatable bonds is 6. The number of hydrogen-bond donors (Lipinski definition) is 2. The smallest absolute Gasteiger partial charge is 0.421 e. The Balaban J connectivity index is 1.48. The van der Waals surface area contributed by atoms with Crippen molar-refractivity contribution in [3.8, 4) is 17.3 Å². The van der Waals surface area contributed by atoms with Crippen molar-refractivity contribution in [1.82, 2.24) is 25.2 Å². The van der Waals surface area contributed by atoms with Crippen LogP contribution in [0.1, 0.15) is 31.2 Å². The van der Waals surface area contributed by atoms with Gasteiger partial charge >= 0.3 is 12.2 Å². The lowest BCUT2D eigenvalue weighted by Crippen LogP contribution is -2.50. The van der Waals surface area contributed by atoms with Crippen LogP contribution in [0.2, 0.25) is 0 Å². The van der Waals surface area contributed by atoms with Crippen molar-refractivity contribution < 1.29 is 35.5 Å². The monoisotopic (exact) mass is 611 g/mol. The molecule has 0 aliphatic carbocycles. The number of pyridine rings is 1. The number of piperazine rings is 1. The number of nitrogens with zero attached hydrogens (tertiary/aromatic N) is 5. The van der Waals surface area contributed by atoms with Crippen molar-refractivity contribution in [3.63, 3.8) is 0 Å². The van der Waals surface area contributed by atoms with E-state index in [1.807, 2.05) is 0 Å². The van der Waals surface area contributed by atoms with E-state index >= 15 is 4.39 Å². The number of ether oxygens (including phenoxy) is 1. The van der Waals surface area contributed by atoms with Gasteiger partial charge in [0.2, 0.25) is 0 Å². The molecule has 0 amide bonds. The van der Waals surface area contributed by atoms with Gasteiger partial charge in [-0.05, 0) is 57.0 Å². The summed E-state index contributed by atoms with van der Waals surface area (Å²) in [5, 5.41) is 3.07. The molecule has 8 nitrogen and oxygen atoms in total. The highest BCUT2D eigenvalue weighted by Crippen LogP contribution is 2.42. The number of alkyl halides is 3. The molecule has 1 unspecified atom stereocenters. The van der Waals surface area contributed by atoms with E-state index in [-0.39, 0.29) is 41.4 Å². The SMILES string of the molecule is Nc1cc(F)c(C(F)(F)F)c(-c2ccc3c(N4CCNC(C=C(F)F)C4)nc(OCC45CCCN4CCC5)nc3c2F)n1. The summed E-state index contributed by atoms with van der Waals surface area (Å²) in [7, 11) is 0. The van der Waals surface area contributed by atoms with Gasteiger partial charge in [-0.3, -0.25) is 4.90 Å². The van der Waals surface area contributed by atoms with Crippen molar-refractivity contribution in [2.45, 2.75) is 43.4 Å². The van der Waals surface area contributed by atoms with E-state index in [0.29, 0.717) is 19.2 Å². The Bertz CT molecular complexity index is 1570. The molecule has 43 heavy (non-hydrogen) atoms. The molecule has 2 aromatic heterocycles. The Labute approximate surface area is 241 Å². The van der Waals surface area contributed by atoms with Crippen LogP contribution in [-0.4, -0.2) is 70.8 Å². The van der Waals surface area contributed by atoms with Gasteiger partial charge in [0.25, 0.3) is 6.08 Å². The van der Waals surface area contributed by atoms with Gasteiger partial charge in [-0.25, -0.2) is 13.8 Å². The summed E-state index contributed by atoms with van der Waals surface area (Å²) >= 11 is 0.